The molecule has 1 aliphatic heterocycles. The van der Waals surface area contributed by atoms with Crippen molar-refractivity contribution in [2.45, 2.75) is 26.0 Å². The number of likely N-dealkylation sites (tertiary alicyclic amines) is 1. The lowest BCUT2D eigenvalue weighted by molar-refractivity contribution is 0.127. The zero-order valence-corrected chi connectivity index (χ0v) is 10.2. The first-order valence-corrected chi connectivity index (χ1v) is 6.04. The fourth-order valence-corrected chi connectivity index (χ4v) is 2.35. The molecule has 2 heterocycles. The fourth-order valence-electron chi connectivity index (χ4n) is 2.16. The number of nitrogens with zero attached hydrogens (tertiary/aromatic N) is 2. The van der Waals surface area contributed by atoms with Crippen molar-refractivity contribution in [1.82, 2.24) is 9.88 Å². The van der Waals surface area contributed by atoms with Crippen LogP contribution in [0.5, 0.6) is 0 Å². The number of aromatic nitrogens is 1. The van der Waals surface area contributed by atoms with Crippen LogP contribution in [0.15, 0.2) is 18.3 Å². The smallest absolute Gasteiger partial charge is 0.0558 e. The van der Waals surface area contributed by atoms with E-state index in [2.05, 4.69) is 9.88 Å². The predicted molar refractivity (Wildman–Crippen MR) is 64.3 cm³/mol. The van der Waals surface area contributed by atoms with Crippen molar-refractivity contribution in [3.8, 4) is 0 Å². The predicted octanol–water partition coefficient (Wildman–Crippen LogP) is 1.94. The van der Waals surface area contributed by atoms with Crippen molar-refractivity contribution in [3.05, 3.63) is 29.0 Å². The molecule has 1 N–H and O–H groups in total. The minimum atomic E-state index is -0.211. The third kappa shape index (κ3) is 2.94. The highest BCUT2D eigenvalue weighted by molar-refractivity contribution is 6.30. The highest BCUT2D eigenvalue weighted by atomic mass is 35.5. The quantitative estimate of drug-likeness (QED) is 0.877. The third-order valence-electron chi connectivity index (χ3n) is 3.16. The summed E-state index contributed by atoms with van der Waals surface area (Å²) in [4.78, 5) is 6.60. The van der Waals surface area contributed by atoms with E-state index in [1.165, 1.54) is 0 Å². The Morgan fingerprint density at radius 3 is 3.12 bits per heavy atom. The van der Waals surface area contributed by atoms with Crippen LogP contribution < -0.4 is 0 Å². The Morgan fingerprint density at radius 1 is 1.69 bits per heavy atom. The van der Waals surface area contributed by atoms with E-state index in [0.29, 0.717) is 5.92 Å². The molecule has 0 aromatic carbocycles. The molecule has 16 heavy (non-hydrogen) atoms. The number of hydrogen-bond acceptors (Lipinski definition) is 3. The van der Waals surface area contributed by atoms with Crippen LogP contribution in [0.2, 0.25) is 5.02 Å². The summed E-state index contributed by atoms with van der Waals surface area (Å²) in [5.74, 6) is 0.402. The molecule has 1 fully saturated rings. The first kappa shape index (κ1) is 11.8. The van der Waals surface area contributed by atoms with E-state index in [1.807, 2.05) is 13.0 Å². The molecule has 0 amide bonds. The lowest BCUT2D eigenvalue weighted by atomic mass is 10.0. The molecular formula is C12H17ClN2O. The van der Waals surface area contributed by atoms with Gasteiger partial charge in [0, 0.05) is 24.3 Å². The van der Waals surface area contributed by atoms with Crippen molar-refractivity contribution in [1.29, 1.82) is 0 Å². The topological polar surface area (TPSA) is 36.4 Å². The first-order valence-electron chi connectivity index (χ1n) is 5.66. The van der Waals surface area contributed by atoms with Gasteiger partial charge in [-0.15, -0.1) is 0 Å². The molecule has 2 atom stereocenters. The van der Waals surface area contributed by atoms with Crippen LogP contribution in [0.3, 0.4) is 0 Å². The zero-order chi connectivity index (χ0) is 11.5. The van der Waals surface area contributed by atoms with E-state index in [4.69, 9.17) is 11.6 Å². The summed E-state index contributed by atoms with van der Waals surface area (Å²) in [5.41, 5.74) is 0.999. The molecule has 1 aromatic heterocycles. The van der Waals surface area contributed by atoms with Gasteiger partial charge >= 0.3 is 0 Å². The maximum atomic E-state index is 9.52. The Labute approximate surface area is 101 Å². The van der Waals surface area contributed by atoms with Crippen LogP contribution in [-0.4, -0.2) is 34.2 Å². The molecule has 0 spiro atoms. The van der Waals surface area contributed by atoms with E-state index >= 15 is 0 Å². The van der Waals surface area contributed by atoms with E-state index in [1.54, 1.807) is 12.3 Å². The van der Waals surface area contributed by atoms with Gasteiger partial charge < -0.3 is 5.11 Å². The highest BCUT2D eigenvalue weighted by Gasteiger charge is 2.25. The lowest BCUT2D eigenvalue weighted by Gasteiger charge is -2.16. The molecule has 1 aromatic rings. The minimum Gasteiger partial charge on any atom is -0.393 e. The molecule has 0 aliphatic carbocycles. The van der Waals surface area contributed by atoms with Crippen LogP contribution in [0.4, 0.5) is 0 Å². The van der Waals surface area contributed by atoms with E-state index in [0.717, 1.165) is 36.8 Å². The highest BCUT2D eigenvalue weighted by Crippen LogP contribution is 2.21. The van der Waals surface area contributed by atoms with Gasteiger partial charge in [0.15, 0.2) is 0 Å². The number of hydrogen-bond donors (Lipinski definition) is 1. The summed E-state index contributed by atoms with van der Waals surface area (Å²) in [6.07, 6.45) is 2.59. The standard InChI is InChI=1S/C12H17ClN2O/c1-9(16)10-3-5-15(7-10)8-12-6-11(13)2-4-14-12/h2,4,6,9-10,16H,3,5,7-8H2,1H3. The summed E-state index contributed by atoms with van der Waals surface area (Å²) >= 11 is 5.91. The van der Waals surface area contributed by atoms with Crippen molar-refractivity contribution < 1.29 is 5.11 Å². The minimum absolute atomic E-state index is 0.211. The van der Waals surface area contributed by atoms with Crippen LogP contribution in [0.25, 0.3) is 0 Å². The summed E-state index contributed by atoms with van der Waals surface area (Å²) in [6, 6.07) is 3.69. The summed E-state index contributed by atoms with van der Waals surface area (Å²) in [5, 5.41) is 10.2. The second-order valence-corrected chi connectivity index (χ2v) is 4.93. The molecule has 88 valence electrons. The summed E-state index contributed by atoms with van der Waals surface area (Å²) in [6.45, 7) is 4.67. The van der Waals surface area contributed by atoms with Crippen molar-refractivity contribution in [2.24, 2.45) is 5.92 Å². The van der Waals surface area contributed by atoms with Crippen LogP contribution in [0, 0.1) is 5.92 Å². The SMILES string of the molecule is CC(O)C1CCN(Cc2cc(Cl)ccn2)C1. The van der Waals surface area contributed by atoms with Gasteiger partial charge in [0.2, 0.25) is 0 Å². The molecule has 0 radical (unpaired) electrons. The number of pyridine rings is 1. The Morgan fingerprint density at radius 2 is 2.50 bits per heavy atom. The van der Waals surface area contributed by atoms with Gasteiger partial charge in [0.1, 0.15) is 0 Å². The van der Waals surface area contributed by atoms with Crippen molar-refractivity contribution >= 4 is 11.6 Å². The molecule has 4 heteroatoms. The van der Waals surface area contributed by atoms with Gasteiger partial charge in [-0.25, -0.2) is 0 Å². The monoisotopic (exact) mass is 240 g/mol. The van der Waals surface area contributed by atoms with Gasteiger partial charge in [-0.1, -0.05) is 11.6 Å². The average molecular weight is 241 g/mol. The van der Waals surface area contributed by atoms with E-state index < -0.39 is 0 Å². The van der Waals surface area contributed by atoms with Gasteiger partial charge in [-0.3, -0.25) is 9.88 Å². The lowest BCUT2D eigenvalue weighted by Crippen LogP contribution is -2.24. The molecule has 0 bridgehead atoms. The molecule has 1 aliphatic rings. The molecule has 0 saturated carbocycles. The Kier molecular flexibility index (Phi) is 3.79. The Hall–Kier alpha value is -0.640. The number of aliphatic hydroxyl groups excluding tert-OH is 1. The first-order chi connectivity index (χ1) is 7.65. The molecule has 2 unspecified atom stereocenters. The maximum Gasteiger partial charge on any atom is 0.0558 e. The number of rotatable bonds is 3. The summed E-state index contributed by atoms with van der Waals surface area (Å²) < 4.78 is 0. The van der Waals surface area contributed by atoms with Crippen molar-refractivity contribution in [3.63, 3.8) is 0 Å². The Balaban J connectivity index is 1.92. The molecule has 3 nitrogen and oxygen atoms in total. The maximum absolute atomic E-state index is 9.52. The van der Waals surface area contributed by atoms with Crippen LogP contribution in [-0.2, 0) is 6.54 Å². The van der Waals surface area contributed by atoms with E-state index in [-0.39, 0.29) is 6.10 Å². The van der Waals surface area contributed by atoms with Crippen LogP contribution >= 0.6 is 11.6 Å². The van der Waals surface area contributed by atoms with Gasteiger partial charge in [0.25, 0.3) is 0 Å². The molecular weight excluding hydrogens is 224 g/mol. The van der Waals surface area contributed by atoms with Gasteiger partial charge in [-0.05, 0) is 37.9 Å². The van der Waals surface area contributed by atoms with E-state index in [9.17, 15) is 5.11 Å². The average Bonchev–Trinajstić information content (AvgIpc) is 2.66. The fraction of sp³-hybridized carbons (Fsp3) is 0.583. The molecule has 1 saturated heterocycles. The number of halogens is 1. The van der Waals surface area contributed by atoms with Gasteiger partial charge in [0.05, 0.1) is 11.8 Å². The second kappa shape index (κ2) is 5.13. The van der Waals surface area contributed by atoms with Gasteiger partial charge in [-0.2, -0.15) is 0 Å². The Bertz CT molecular complexity index is 357. The third-order valence-corrected chi connectivity index (χ3v) is 3.39. The second-order valence-electron chi connectivity index (χ2n) is 4.49. The van der Waals surface area contributed by atoms with Crippen LogP contribution in [0.1, 0.15) is 19.0 Å². The normalized spacial score (nSPS) is 23.6. The van der Waals surface area contributed by atoms with Crippen molar-refractivity contribution in [2.75, 3.05) is 13.1 Å². The summed E-state index contributed by atoms with van der Waals surface area (Å²) in [7, 11) is 0. The largest absolute Gasteiger partial charge is 0.393 e. The number of aliphatic hydroxyl groups is 1. The molecule has 2 rings (SSSR count). The zero-order valence-electron chi connectivity index (χ0n) is 9.43.